The second-order valence-electron chi connectivity index (χ2n) is 9.13. The van der Waals surface area contributed by atoms with Gasteiger partial charge in [-0.3, -0.25) is 4.79 Å². The number of hydrogen-bond acceptors (Lipinski definition) is 4. The lowest BCUT2D eigenvalue weighted by Gasteiger charge is -2.27. The number of esters is 1. The number of benzene rings is 3. The van der Waals surface area contributed by atoms with Crippen molar-refractivity contribution in [3.63, 3.8) is 0 Å². The number of hydrogen-bond donors (Lipinski definition) is 2. The fourth-order valence-corrected chi connectivity index (χ4v) is 4.34. The van der Waals surface area contributed by atoms with Crippen LogP contribution in [0.3, 0.4) is 0 Å². The maximum Gasteiger partial charge on any atom is 0.416 e. The summed E-state index contributed by atoms with van der Waals surface area (Å²) in [7, 11) is 0. The molecule has 3 rings (SSSR count). The van der Waals surface area contributed by atoms with Crippen LogP contribution in [0.4, 0.5) is 18.9 Å². The van der Waals surface area contributed by atoms with Gasteiger partial charge in [0.15, 0.2) is 12.1 Å². The number of halogens is 3. The van der Waals surface area contributed by atoms with E-state index < -0.39 is 29.9 Å². The van der Waals surface area contributed by atoms with Crippen molar-refractivity contribution in [2.24, 2.45) is 5.92 Å². The van der Waals surface area contributed by atoms with E-state index in [1.165, 1.54) is 12.1 Å². The number of carbonyl (C=O) groups excluding carboxylic acids is 2. The number of nitrogens with one attached hydrogen (secondary N) is 1. The summed E-state index contributed by atoms with van der Waals surface area (Å²) in [6.07, 6.45) is -3.32. The molecular weight excluding hydrogens is 517 g/mol. The maximum absolute atomic E-state index is 13.5. The predicted octanol–water partition coefficient (Wildman–Crippen LogP) is 6.68. The molecule has 0 saturated carbocycles. The smallest absolute Gasteiger partial charge is 0.416 e. The van der Waals surface area contributed by atoms with E-state index >= 15 is 0 Å². The van der Waals surface area contributed by atoms with E-state index in [9.17, 15) is 22.8 Å². The van der Waals surface area contributed by atoms with Crippen LogP contribution in [0.25, 0.3) is 0 Å². The molecule has 0 saturated heterocycles. The number of ketones is 1. The molecule has 0 unspecified atom stereocenters. The highest BCUT2D eigenvalue weighted by Crippen LogP contribution is 2.29. The summed E-state index contributed by atoms with van der Waals surface area (Å²) in [6, 6.07) is 22.2. The summed E-state index contributed by atoms with van der Waals surface area (Å²) in [5.74, 6) is -0.620. The van der Waals surface area contributed by atoms with Gasteiger partial charge in [0.05, 0.1) is 5.56 Å². The number of anilines is 1. The molecule has 0 aromatic heterocycles. The second kappa shape index (κ2) is 16.5. The molecule has 0 aliphatic carbocycles. The molecule has 0 aliphatic rings. The Morgan fingerprint density at radius 2 is 1.40 bits per heavy atom. The minimum Gasteiger partial charge on any atom is -0.454 e. The monoisotopic (exact) mass is 557 g/mol. The Balaban J connectivity index is 0.00000274. The largest absolute Gasteiger partial charge is 0.454 e. The first kappa shape index (κ1) is 32.6. The zero-order chi connectivity index (χ0) is 29.5. The van der Waals surface area contributed by atoms with Crippen LogP contribution in [0.5, 0.6) is 0 Å². The third-order valence-corrected chi connectivity index (χ3v) is 6.56. The van der Waals surface area contributed by atoms with Crippen LogP contribution >= 0.6 is 0 Å². The number of carbonyl (C=O) groups is 2. The van der Waals surface area contributed by atoms with Gasteiger partial charge >= 0.3 is 12.1 Å². The van der Waals surface area contributed by atoms with Gasteiger partial charge in [-0.05, 0) is 42.7 Å². The summed E-state index contributed by atoms with van der Waals surface area (Å²) in [5.41, 5.74) is 0.967. The molecule has 0 amide bonds. The Labute approximate surface area is 235 Å². The van der Waals surface area contributed by atoms with Gasteiger partial charge in [0.25, 0.3) is 0 Å². The summed E-state index contributed by atoms with van der Waals surface area (Å²) in [4.78, 5) is 26.1. The zero-order valence-corrected chi connectivity index (χ0v) is 23.6. The summed E-state index contributed by atoms with van der Waals surface area (Å²) < 4.78 is 44.5. The molecule has 3 aromatic rings. The molecule has 0 fully saturated rings. The second-order valence-corrected chi connectivity index (χ2v) is 9.13. The quantitative estimate of drug-likeness (QED) is 0.182. The van der Waals surface area contributed by atoms with Crippen molar-refractivity contribution in [3.8, 4) is 0 Å². The van der Waals surface area contributed by atoms with E-state index in [0.29, 0.717) is 6.54 Å². The van der Waals surface area contributed by atoms with E-state index in [4.69, 9.17) is 4.74 Å². The third-order valence-electron chi connectivity index (χ3n) is 6.56. The Morgan fingerprint density at radius 3 is 1.93 bits per heavy atom. The first-order chi connectivity index (χ1) is 19.2. The number of quaternary nitrogens is 1. The van der Waals surface area contributed by atoms with Gasteiger partial charge in [-0.2, -0.15) is 13.2 Å². The van der Waals surface area contributed by atoms with Crippen molar-refractivity contribution in [3.05, 3.63) is 102 Å². The van der Waals surface area contributed by atoms with Gasteiger partial charge in [-0.15, -0.1) is 0 Å². The fraction of sp³-hybridized carbons (Fsp3) is 0.375. The SMILES string of the molecule is CC.CCC(CC)[C@H](C[NH2+]CC(=O)c1ccc(C(F)(F)F)cc1)OC(=O)[C@H](Nc1ccccc1)c1ccccc1. The lowest BCUT2D eigenvalue weighted by Crippen LogP contribution is -2.88. The minimum atomic E-state index is -4.45. The normalized spacial score (nSPS) is 12.6. The van der Waals surface area contributed by atoms with Crippen LogP contribution in [0.2, 0.25) is 0 Å². The first-order valence-corrected chi connectivity index (χ1v) is 13.8. The van der Waals surface area contributed by atoms with E-state index in [-0.39, 0.29) is 23.8 Å². The van der Waals surface area contributed by atoms with Crippen LogP contribution < -0.4 is 10.6 Å². The van der Waals surface area contributed by atoms with Gasteiger partial charge in [-0.1, -0.05) is 88.4 Å². The predicted molar refractivity (Wildman–Crippen MR) is 152 cm³/mol. The van der Waals surface area contributed by atoms with Crippen molar-refractivity contribution in [1.29, 1.82) is 0 Å². The van der Waals surface area contributed by atoms with Gasteiger partial charge in [0.2, 0.25) is 5.78 Å². The van der Waals surface area contributed by atoms with Crippen molar-refractivity contribution < 1.29 is 32.8 Å². The number of nitrogens with two attached hydrogens (primary N) is 1. The average Bonchev–Trinajstić information content (AvgIpc) is 2.98. The zero-order valence-electron chi connectivity index (χ0n) is 23.6. The summed E-state index contributed by atoms with van der Waals surface area (Å²) >= 11 is 0. The molecule has 5 nitrogen and oxygen atoms in total. The number of Topliss-reactive ketones (excluding diaryl/α,β-unsaturated/α-hetero) is 1. The van der Waals surface area contributed by atoms with Gasteiger partial charge in [-0.25, -0.2) is 4.79 Å². The van der Waals surface area contributed by atoms with Gasteiger partial charge in [0, 0.05) is 17.2 Å². The molecule has 40 heavy (non-hydrogen) atoms. The number of para-hydroxylation sites is 1. The molecule has 8 heteroatoms. The van der Waals surface area contributed by atoms with Crippen molar-refractivity contribution in [2.45, 2.75) is 58.9 Å². The summed E-state index contributed by atoms with van der Waals surface area (Å²) in [5, 5.41) is 5.02. The van der Waals surface area contributed by atoms with Crippen LogP contribution in [0, 0.1) is 5.92 Å². The van der Waals surface area contributed by atoms with Gasteiger partial charge < -0.3 is 15.4 Å². The van der Waals surface area contributed by atoms with Crippen LogP contribution in [-0.2, 0) is 15.7 Å². The Hall–Kier alpha value is -3.65. The van der Waals surface area contributed by atoms with E-state index in [1.807, 2.05) is 88.4 Å². The van der Waals surface area contributed by atoms with E-state index in [2.05, 4.69) is 5.32 Å². The highest BCUT2D eigenvalue weighted by atomic mass is 19.4. The van der Waals surface area contributed by atoms with Gasteiger partial charge in [0.1, 0.15) is 13.1 Å². The molecule has 216 valence electrons. The minimum absolute atomic E-state index is 0.0317. The molecule has 0 spiro atoms. The van der Waals surface area contributed by atoms with Crippen LogP contribution in [-0.4, -0.2) is 30.9 Å². The van der Waals surface area contributed by atoms with E-state index in [1.54, 1.807) is 5.32 Å². The fourth-order valence-electron chi connectivity index (χ4n) is 4.34. The molecule has 3 N–H and O–H groups in total. The topological polar surface area (TPSA) is 72.0 Å². The Kier molecular flexibility index (Phi) is 13.4. The first-order valence-electron chi connectivity index (χ1n) is 13.8. The van der Waals surface area contributed by atoms with Crippen LogP contribution in [0.15, 0.2) is 84.9 Å². The molecular formula is C32H40F3N2O3+. The Morgan fingerprint density at radius 1 is 0.850 bits per heavy atom. The molecule has 0 bridgehead atoms. The Bertz CT molecular complexity index is 1150. The number of alkyl halides is 3. The maximum atomic E-state index is 13.5. The average molecular weight is 558 g/mol. The number of ether oxygens (including phenoxy) is 1. The number of rotatable bonds is 13. The molecule has 0 heterocycles. The molecule has 0 radical (unpaired) electrons. The van der Waals surface area contributed by atoms with Crippen molar-refractivity contribution in [1.82, 2.24) is 0 Å². The lowest BCUT2D eigenvalue weighted by molar-refractivity contribution is -0.650. The highest BCUT2D eigenvalue weighted by Gasteiger charge is 2.31. The van der Waals surface area contributed by atoms with Crippen molar-refractivity contribution >= 4 is 17.4 Å². The molecule has 0 aliphatic heterocycles. The summed E-state index contributed by atoms with van der Waals surface area (Å²) in [6.45, 7) is 8.44. The highest BCUT2D eigenvalue weighted by molar-refractivity contribution is 5.96. The lowest BCUT2D eigenvalue weighted by atomic mass is 9.96. The molecule has 2 atom stereocenters. The van der Waals surface area contributed by atoms with E-state index in [0.717, 1.165) is 36.2 Å². The van der Waals surface area contributed by atoms with Crippen LogP contribution in [0.1, 0.15) is 68.1 Å². The third kappa shape index (κ3) is 9.83. The standard InChI is InChI=1S/C30H33F3N2O3.C2H6/c1-3-21(4-2)27(20-34-19-26(36)22-15-17-24(18-16-22)30(31,32)33)38-29(37)28(23-11-7-5-8-12-23)35-25-13-9-6-10-14-25;1-2/h5-18,21,27-28,34-35H,3-4,19-20H2,1-2H3;1-2H3/p+1/t27-,28+;/m0./s1. The van der Waals surface area contributed by atoms with Crippen molar-refractivity contribution in [2.75, 3.05) is 18.4 Å². The molecule has 3 aromatic carbocycles.